The topological polar surface area (TPSA) is 79.3 Å². The number of fused-ring (bicyclic) bond motifs is 2. The molecule has 2 aliphatic carbocycles. The standard InChI is InChI=1S/C13H14N2O3S/c1-6-5-19-13(14-6)15-11(16)9-7-2-3-8(4-7)10(9)12(17)18/h2-3,5,7-10H,4H2,1H3,(H,17,18)(H,14,15,16)/t7-,8+,9-,10+/m1/s1. The van der Waals surface area contributed by atoms with Gasteiger partial charge in [-0.05, 0) is 25.2 Å². The van der Waals surface area contributed by atoms with Crippen LogP contribution in [-0.4, -0.2) is 22.0 Å². The molecule has 1 aromatic heterocycles. The molecule has 100 valence electrons. The molecule has 19 heavy (non-hydrogen) atoms. The molecule has 2 aliphatic rings. The number of hydrogen-bond donors (Lipinski definition) is 2. The molecule has 6 heteroatoms. The van der Waals surface area contributed by atoms with Gasteiger partial charge in [0.25, 0.3) is 0 Å². The van der Waals surface area contributed by atoms with E-state index in [4.69, 9.17) is 0 Å². The molecule has 1 heterocycles. The zero-order valence-electron chi connectivity index (χ0n) is 10.4. The number of rotatable bonds is 3. The molecule has 3 rings (SSSR count). The highest BCUT2D eigenvalue weighted by molar-refractivity contribution is 7.13. The first-order valence-corrected chi connectivity index (χ1v) is 7.08. The molecule has 1 fully saturated rings. The van der Waals surface area contributed by atoms with Gasteiger partial charge in [-0.3, -0.25) is 9.59 Å². The van der Waals surface area contributed by atoms with Gasteiger partial charge < -0.3 is 10.4 Å². The predicted molar refractivity (Wildman–Crippen MR) is 70.8 cm³/mol. The first kappa shape index (κ1) is 12.3. The number of allylic oxidation sites excluding steroid dienone is 2. The normalized spacial score (nSPS) is 31.6. The first-order chi connectivity index (χ1) is 9.06. The maximum Gasteiger partial charge on any atom is 0.307 e. The predicted octanol–water partition coefficient (Wildman–Crippen LogP) is 1.91. The third kappa shape index (κ3) is 2.06. The third-order valence-electron chi connectivity index (χ3n) is 3.90. The molecule has 0 saturated heterocycles. The molecule has 1 saturated carbocycles. The Labute approximate surface area is 114 Å². The molecule has 2 N–H and O–H groups in total. The van der Waals surface area contributed by atoms with Gasteiger partial charge in [-0.1, -0.05) is 12.2 Å². The molecule has 0 aliphatic heterocycles. The van der Waals surface area contributed by atoms with Gasteiger partial charge in [0.1, 0.15) is 0 Å². The lowest BCUT2D eigenvalue weighted by Gasteiger charge is -2.23. The van der Waals surface area contributed by atoms with Gasteiger partial charge in [0.15, 0.2) is 5.13 Å². The number of amides is 1. The second-order valence-electron chi connectivity index (χ2n) is 5.12. The van der Waals surface area contributed by atoms with E-state index in [0.717, 1.165) is 12.1 Å². The van der Waals surface area contributed by atoms with Gasteiger partial charge in [0.2, 0.25) is 5.91 Å². The lowest BCUT2D eigenvalue weighted by molar-refractivity contribution is -0.146. The number of carbonyl (C=O) groups excluding carboxylic acids is 1. The van der Waals surface area contributed by atoms with Crippen LogP contribution in [-0.2, 0) is 9.59 Å². The minimum Gasteiger partial charge on any atom is -0.481 e. The monoisotopic (exact) mass is 278 g/mol. The second-order valence-corrected chi connectivity index (χ2v) is 5.98. The van der Waals surface area contributed by atoms with Gasteiger partial charge in [-0.15, -0.1) is 11.3 Å². The van der Waals surface area contributed by atoms with E-state index in [2.05, 4.69) is 10.3 Å². The summed E-state index contributed by atoms with van der Waals surface area (Å²) in [5.74, 6) is -2.14. The van der Waals surface area contributed by atoms with Crippen LogP contribution in [0.1, 0.15) is 12.1 Å². The van der Waals surface area contributed by atoms with E-state index in [9.17, 15) is 14.7 Å². The van der Waals surface area contributed by atoms with Crippen molar-refractivity contribution < 1.29 is 14.7 Å². The van der Waals surface area contributed by atoms with E-state index >= 15 is 0 Å². The van der Waals surface area contributed by atoms with E-state index in [1.807, 2.05) is 24.5 Å². The number of aliphatic carboxylic acids is 1. The van der Waals surface area contributed by atoms with Gasteiger partial charge in [0, 0.05) is 5.38 Å². The Balaban J connectivity index is 1.79. The average molecular weight is 278 g/mol. The number of aryl methyl sites for hydroxylation is 1. The van der Waals surface area contributed by atoms with Crippen molar-refractivity contribution in [2.45, 2.75) is 13.3 Å². The van der Waals surface area contributed by atoms with Gasteiger partial charge in [0.05, 0.1) is 17.5 Å². The van der Waals surface area contributed by atoms with E-state index in [0.29, 0.717) is 5.13 Å². The highest BCUT2D eigenvalue weighted by Gasteiger charge is 2.51. The molecule has 0 radical (unpaired) electrons. The van der Waals surface area contributed by atoms with E-state index < -0.39 is 17.8 Å². The lowest BCUT2D eigenvalue weighted by Crippen LogP contribution is -2.36. The first-order valence-electron chi connectivity index (χ1n) is 6.20. The third-order valence-corrected chi connectivity index (χ3v) is 4.77. The largest absolute Gasteiger partial charge is 0.481 e. The summed E-state index contributed by atoms with van der Waals surface area (Å²) in [6.07, 6.45) is 4.67. The second kappa shape index (κ2) is 4.45. The number of hydrogen-bond acceptors (Lipinski definition) is 4. The van der Waals surface area contributed by atoms with Crippen LogP contribution in [0.5, 0.6) is 0 Å². The molecule has 0 unspecified atom stereocenters. The molecule has 0 aromatic carbocycles. The maximum absolute atomic E-state index is 12.3. The van der Waals surface area contributed by atoms with Crippen LogP contribution >= 0.6 is 11.3 Å². The molecule has 5 nitrogen and oxygen atoms in total. The Kier molecular flexibility index (Phi) is 2.89. The van der Waals surface area contributed by atoms with Crippen molar-refractivity contribution in [3.63, 3.8) is 0 Å². The van der Waals surface area contributed by atoms with Gasteiger partial charge in [-0.2, -0.15) is 0 Å². The number of nitrogens with zero attached hydrogens (tertiary/aromatic N) is 1. The Morgan fingerprint density at radius 3 is 2.63 bits per heavy atom. The minimum absolute atomic E-state index is 0.00344. The number of carboxylic acids is 1. The molecular weight excluding hydrogens is 264 g/mol. The summed E-state index contributed by atoms with van der Waals surface area (Å²) in [5, 5.41) is 14.4. The molecule has 4 atom stereocenters. The van der Waals surface area contributed by atoms with Crippen LogP contribution in [0.2, 0.25) is 0 Å². The Morgan fingerprint density at radius 1 is 1.37 bits per heavy atom. The van der Waals surface area contributed by atoms with Crippen LogP contribution in [0.25, 0.3) is 0 Å². The Bertz CT molecular complexity index is 566. The smallest absolute Gasteiger partial charge is 0.307 e. The van der Waals surface area contributed by atoms with E-state index in [1.54, 1.807) is 0 Å². The molecular formula is C13H14N2O3S. The molecule has 1 aromatic rings. The van der Waals surface area contributed by atoms with E-state index in [-0.39, 0.29) is 17.7 Å². The van der Waals surface area contributed by atoms with Crippen molar-refractivity contribution in [1.29, 1.82) is 0 Å². The van der Waals surface area contributed by atoms with Crippen LogP contribution in [0.3, 0.4) is 0 Å². The van der Waals surface area contributed by atoms with Crippen molar-refractivity contribution in [2.75, 3.05) is 5.32 Å². The van der Waals surface area contributed by atoms with Crippen LogP contribution in [0.4, 0.5) is 5.13 Å². The summed E-state index contributed by atoms with van der Waals surface area (Å²) in [6, 6.07) is 0. The number of aromatic nitrogens is 1. The fraction of sp³-hybridized carbons (Fsp3) is 0.462. The van der Waals surface area contributed by atoms with E-state index in [1.165, 1.54) is 11.3 Å². The lowest BCUT2D eigenvalue weighted by atomic mass is 9.82. The number of anilines is 1. The average Bonchev–Trinajstić information content (AvgIpc) is 3.03. The van der Waals surface area contributed by atoms with Crippen LogP contribution in [0.15, 0.2) is 17.5 Å². The van der Waals surface area contributed by atoms with Gasteiger partial charge >= 0.3 is 5.97 Å². The highest BCUT2D eigenvalue weighted by atomic mass is 32.1. The summed E-state index contributed by atoms with van der Waals surface area (Å²) in [5.41, 5.74) is 0.850. The summed E-state index contributed by atoms with van der Waals surface area (Å²) in [6.45, 7) is 1.85. The van der Waals surface area contributed by atoms with Crippen LogP contribution in [0, 0.1) is 30.6 Å². The summed E-state index contributed by atoms with van der Waals surface area (Å²) in [4.78, 5) is 27.8. The SMILES string of the molecule is Cc1csc(NC(=O)[C@H]2[C@@H](C(=O)O)[C@H]3C=C[C@@H]2C3)n1. The minimum atomic E-state index is -0.882. The van der Waals surface area contributed by atoms with Gasteiger partial charge in [-0.25, -0.2) is 4.98 Å². The number of carbonyl (C=O) groups is 2. The zero-order chi connectivity index (χ0) is 13.6. The molecule has 1 amide bonds. The molecule has 2 bridgehead atoms. The van der Waals surface area contributed by atoms with Crippen molar-refractivity contribution in [1.82, 2.24) is 4.98 Å². The zero-order valence-corrected chi connectivity index (χ0v) is 11.2. The van der Waals surface area contributed by atoms with Crippen molar-refractivity contribution >= 4 is 28.3 Å². The highest BCUT2D eigenvalue weighted by Crippen LogP contribution is 2.48. The summed E-state index contributed by atoms with van der Waals surface area (Å²) >= 11 is 1.36. The Morgan fingerprint density at radius 2 is 2.05 bits per heavy atom. The number of carboxylic acid groups (broad SMARTS) is 1. The van der Waals surface area contributed by atoms with Crippen molar-refractivity contribution in [2.24, 2.45) is 23.7 Å². The number of thiazole rings is 1. The summed E-state index contributed by atoms with van der Waals surface area (Å²) in [7, 11) is 0. The number of nitrogens with one attached hydrogen (secondary N) is 1. The Hall–Kier alpha value is -1.69. The van der Waals surface area contributed by atoms with Crippen molar-refractivity contribution in [3.8, 4) is 0 Å². The summed E-state index contributed by atoms with van der Waals surface area (Å²) < 4.78 is 0. The fourth-order valence-corrected chi connectivity index (χ4v) is 3.81. The fourth-order valence-electron chi connectivity index (χ4n) is 3.12. The van der Waals surface area contributed by atoms with Crippen molar-refractivity contribution in [3.05, 3.63) is 23.2 Å². The maximum atomic E-state index is 12.3. The quantitative estimate of drug-likeness (QED) is 0.828. The molecule has 0 spiro atoms. The van der Waals surface area contributed by atoms with Crippen LogP contribution < -0.4 is 5.32 Å².